The Hall–Kier alpha value is -1.50. The fraction of sp³-hybridized carbons (Fsp3) is 0.667. The average Bonchev–Trinajstić information content (AvgIpc) is 3.14. The molecule has 24 heavy (non-hydrogen) atoms. The van der Waals surface area contributed by atoms with Crippen LogP contribution in [0.4, 0.5) is 0 Å². The van der Waals surface area contributed by atoms with Gasteiger partial charge in [-0.05, 0) is 30.9 Å². The van der Waals surface area contributed by atoms with Crippen molar-refractivity contribution in [1.82, 2.24) is 24.8 Å². The molecule has 0 amide bonds. The van der Waals surface area contributed by atoms with Crippen LogP contribution in [-0.4, -0.2) is 57.9 Å². The molecule has 2 fully saturated rings. The molecule has 0 aliphatic carbocycles. The van der Waals surface area contributed by atoms with Crippen molar-refractivity contribution in [1.29, 1.82) is 0 Å². The van der Waals surface area contributed by atoms with Gasteiger partial charge >= 0.3 is 0 Å². The zero-order chi connectivity index (χ0) is 16.5. The normalized spacial score (nSPS) is 25.6. The van der Waals surface area contributed by atoms with E-state index >= 15 is 0 Å². The second kappa shape index (κ2) is 6.78. The Morgan fingerprint density at radius 3 is 2.75 bits per heavy atom. The first-order valence-corrected chi connectivity index (χ1v) is 9.11. The molecular weight excluding hydrogens is 302 g/mol. The van der Waals surface area contributed by atoms with Crippen molar-refractivity contribution in [3.63, 3.8) is 0 Å². The third kappa shape index (κ3) is 3.18. The van der Waals surface area contributed by atoms with Gasteiger partial charge < -0.3 is 10.1 Å². The summed E-state index contributed by atoms with van der Waals surface area (Å²) in [6, 6.07) is 6.23. The summed E-state index contributed by atoms with van der Waals surface area (Å²) in [7, 11) is 0. The second-order valence-electron chi connectivity index (χ2n) is 7.38. The zero-order valence-corrected chi connectivity index (χ0v) is 14.6. The lowest BCUT2D eigenvalue weighted by Gasteiger charge is -2.32. The minimum atomic E-state index is 0.208. The molecule has 0 aromatic carbocycles. The molecule has 0 saturated carbocycles. The minimum absolute atomic E-state index is 0.208. The van der Waals surface area contributed by atoms with Crippen LogP contribution in [0.2, 0.25) is 0 Å². The average molecular weight is 329 g/mol. The standard InChI is InChI=1S/C18H27N5O/c1-13(2)17(18-21-20-16-5-3-4-9-23(16)18)19-8-10-22-11-14-6-7-15(12-22)24-14/h3-5,9,13-15,17,19H,6-8,10-12H2,1-2H3. The molecule has 4 rings (SSSR count). The largest absolute Gasteiger partial charge is 0.372 e. The third-order valence-corrected chi connectivity index (χ3v) is 5.20. The van der Waals surface area contributed by atoms with Crippen LogP contribution in [0, 0.1) is 5.92 Å². The van der Waals surface area contributed by atoms with Gasteiger partial charge in [-0.25, -0.2) is 0 Å². The molecule has 2 saturated heterocycles. The van der Waals surface area contributed by atoms with Gasteiger partial charge in [0.05, 0.1) is 18.2 Å². The lowest BCUT2D eigenvalue weighted by molar-refractivity contribution is -0.0379. The van der Waals surface area contributed by atoms with E-state index in [-0.39, 0.29) is 6.04 Å². The Labute approximate surface area is 143 Å². The highest BCUT2D eigenvalue weighted by Crippen LogP contribution is 2.26. The Kier molecular flexibility index (Phi) is 4.52. The second-order valence-corrected chi connectivity index (χ2v) is 7.38. The van der Waals surface area contributed by atoms with Crippen LogP contribution in [0.1, 0.15) is 38.6 Å². The van der Waals surface area contributed by atoms with Crippen molar-refractivity contribution in [2.24, 2.45) is 5.92 Å². The Balaban J connectivity index is 1.39. The van der Waals surface area contributed by atoms with Crippen LogP contribution in [-0.2, 0) is 4.74 Å². The van der Waals surface area contributed by atoms with E-state index in [1.807, 2.05) is 24.4 Å². The first-order valence-electron chi connectivity index (χ1n) is 9.11. The fourth-order valence-corrected chi connectivity index (χ4v) is 3.96. The van der Waals surface area contributed by atoms with Crippen molar-refractivity contribution in [2.75, 3.05) is 26.2 Å². The van der Waals surface area contributed by atoms with Crippen LogP contribution < -0.4 is 5.32 Å². The number of aromatic nitrogens is 3. The molecule has 1 N–H and O–H groups in total. The first-order chi connectivity index (χ1) is 11.7. The molecule has 2 aliphatic heterocycles. The lowest BCUT2D eigenvalue weighted by atomic mass is 10.0. The fourth-order valence-electron chi connectivity index (χ4n) is 3.96. The highest BCUT2D eigenvalue weighted by Gasteiger charge is 2.33. The molecule has 3 unspecified atom stereocenters. The van der Waals surface area contributed by atoms with E-state index in [0.717, 1.165) is 37.7 Å². The number of morpholine rings is 1. The molecule has 0 spiro atoms. The first kappa shape index (κ1) is 16.0. The molecule has 6 heteroatoms. The number of hydrogen-bond acceptors (Lipinski definition) is 5. The van der Waals surface area contributed by atoms with Gasteiger partial charge in [0.25, 0.3) is 0 Å². The van der Waals surface area contributed by atoms with E-state index in [1.54, 1.807) is 0 Å². The monoisotopic (exact) mass is 329 g/mol. The van der Waals surface area contributed by atoms with Crippen LogP contribution in [0.3, 0.4) is 0 Å². The molecule has 4 heterocycles. The molecule has 0 radical (unpaired) electrons. The van der Waals surface area contributed by atoms with Crippen LogP contribution in [0.5, 0.6) is 0 Å². The van der Waals surface area contributed by atoms with Gasteiger partial charge in [0.1, 0.15) is 0 Å². The van der Waals surface area contributed by atoms with Crippen molar-refractivity contribution in [3.8, 4) is 0 Å². The molecule has 2 aliphatic rings. The molecule has 3 atom stereocenters. The quantitative estimate of drug-likeness (QED) is 0.877. The number of hydrogen-bond donors (Lipinski definition) is 1. The Bertz CT molecular complexity index is 673. The van der Waals surface area contributed by atoms with E-state index in [1.165, 1.54) is 12.8 Å². The van der Waals surface area contributed by atoms with E-state index in [4.69, 9.17) is 4.74 Å². The molecule has 2 bridgehead atoms. The maximum Gasteiger partial charge on any atom is 0.160 e. The smallest absolute Gasteiger partial charge is 0.160 e. The van der Waals surface area contributed by atoms with Gasteiger partial charge in [-0.15, -0.1) is 10.2 Å². The van der Waals surface area contributed by atoms with Gasteiger partial charge in [0, 0.05) is 32.4 Å². The summed E-state index contributed by atoms with van der Waals surface area (Å²) in [5, 5.41) is 12.4. The number of nitrogens with one attached hydrogen (secondary N) is 1. The van der Waals surface area contributed by atoms with Crippen molar-refractivity contribution < 1.29 is 4.74 Å². The summed E-state index contributed by atoms with van der Waals surface area (Å²) in [5.74, 6) is 1.46. The number of likely N-dealkylation sites (tertiary alicyclic amines) is 1. The van der Waals surface area contributed by atoms with Gasteiger partial charge in [0.15, 0.2) is 11.5 Å². The molecule has 6 nitrogen and oxygen atoms in total. The number of ether oxygens (including phenoxy) is 1. The van der Waals surface area contributed by atoms with E-state index in [9.17, 15) is 0 Å². The van der Waals surface area contributed by atoms with E-state index in [2.05, 4.69) is 38.7 Å². The van der Waals surface area contributed by atoms with E-state index < -0.39 is 0 Å². The number of pyridine rings is 1. The predicted molar refractivity (Wildman–Crippen MR) is 92.9 cm³/mol. The van der Waals surface area contributed by atoms with Crippen molar-refractivity contribution in [2.45, 2.75) is 44.9 Å². The highest BCUT2D eigenvalue weighted by atomic mass is 16.5. The van der Waals surface area contributed by atoms with Crippen molar-refractivity contribution in [3.05, 3.63) is 30.2 Å². The van der Waals surface area contributed by atoms with E-state index in [0.29, 0.717) is 18.1 Å². The maximum atomic E-state index is 5.92. The van der Waals surface area contributed by atoms with Crippen LogP contribution >= 0.6 is 0 Å². The summed E-state index contributed by atoms with van der Waals surface area (Å²) in [5.41, 5.74) is 0.907. The van der Waals surface area contributed by atoms with Gasteiger partial charge in [-0.3, -0.25) is 9.30 Å². The SMILES string of the molecule is CC(C)C(NCCN1CC2CCC(C1)O2)c1nnc2ccccn12. The van der Waals surface area contributed by atoms with Crippen molar-refractivity contribution >= 4 is 5.65 Å². The number of rotatable bonds is 6. The number of nitrogens with zero attached hydrogens (tertiary/aromatic N) is 4. The molecule has 130 valence electrons. The topological polar surface area (TPSA) is 54.7 Å². The Morgan fingerprint density at radius 2 is 2.00 bits per heavy atom. The summed E-state index contributed by atoms with van der Waals surface area (Å²) < 4.78 is 8.01. The Morgan fingerprint density at radius 1 is 1.21 bits per heavy atom. The summed E-state index contributed by atoms with van der Waals surface area (Å²) in [6.45, 7) is 8.66. The molecular formula is C18H27N5O. The lowest BCUT2D eigenvalue weighted by Crippen LogP contribution is -2.45. The highest BCUT2D eigenvalue weighted by molar-refractivity contribution is 5.37. The third-order valence-electron chi connectivity index (χ3n) is 5.20. The van der Waals surface area contributed by atoms with Gasteiger partial charge in [-0.2, -0.15) is 0 Å². The molecule has 2 aromatic rings. The predicted octanol–water partition coefficient (Wildman–Crippen LogP) is 1.88. The maximum absolute atomic E-state index is 5.92. The number of fused-ring (bicyclic) bond motifs is 3. The summed E-state index contributed by atoms with van der Waals surface area (Å²) >= 11 is 0. The molecule has 2 aromatic heterocycles. The van der Waals surface area contributed by atoms with Gasteiger partial charge in [-0.1, -0.05) is 19.9 Å². The van der Waals surface area contributed by atoms with Crippen LogP contribution in [0.15, 0.2) is 24.4 Å². The van der Waals surface area contributed by atoms with Gasteiger partial charge in [0.2, 0.25) is 0 Å². The zero-order valence-electron chi connectivity index (χ0n) is 14.6. The minimum Gasteiger partial charge on any atom is -0.372 e. The summed E-state index contributed by atoms with van der Waals surface area (Å²) in [4.78, 5) is 2.54. The van der Waals surface area contributed by atoms with Crippen LogP contribution in [0.25, 0.3) is 5.65 Å². The summed E-state index contributed by atoms with van der Waals surface area (Å²) in [6.07, 6.45) is 5.43.